The Morgan fingerprint density at radius 2 is 1.70 bits per heavy atom. The zero-order valence-electron chi connectivity index (χ0n) is 17.8. The highest BCUT2D eigenvalue weighted by atomic mass is 16.5. The van der Waals surface area contributed by atoms with Gasteiger partial charge in [-0.25, -0.2) is 4.79 Å². The Bertz CT molecular complexity index is 875. The van der Waals surface area contributed by atoms with Gasteiger partial charge in [0.05, 0.1) is 37.6 Å². The highest BCUT2D eigenvalue weighted by Crippen LogP contribution is 2.29. The summed E-state index contributed by atoms with van der Waals surface area (Å²) in [5.41, 5.74) is 2.84. The molecule has 1 aliphatic heterocycles. The van der Waals surface area contributed by atoms with E-state index >= 15 is 0 Å². The first-order chi connectivity index (χ1) is 14.5. The second kappa shape index (κ2) is 10.1. The van der Waals surface area contributed by atoms with Crippen molar-refractivity contribution in [1.29, 1.82) is 0 Å². The molecule has 7 heteroatoms. The largest absolute Gasteiger partial charge is 0.497 e. The topological polar surface area (TPSA) is 71.1 Å². The van der Waals surface area contributed by atoms with E-state index in [1.165, 1.54) is 7.11 Å². The molecule has 1 saturated heterocycles. The maximum atomic E-state index is 12.7. The standard InChI is InChI=1S/C23H29N3O4/c1-4-25-11-13-26(14-12-25)21-10-7-18(23(28)30-3)16-20(21)24-22(27)15-17-5-8-19(29-2)9-6-17/h5-10,16H,4,11-15H2,1-3H3,(H,24,27). The summed E-state index contributed by atoms with van der Waals surface area (Å²) in [5.74, 6) is 0.178. The second-order valence-corrected chi connectivity index (χ2v) is 7.22. The maximum Gasteiger partial charge on any atom is 0.337 e. The van der Waals surface area contributed by atoms with Gasteiger partial charge in [-0.1, -0.05) is 19.1 Å². The van der Waals surface area contributed by atoms with Crippen molar-refractivity contribution >= 4 is 23.3 Å². The number of methoxy groups -OCH3 is 2. The molecule has 0 spiro atoms. The zero-order valence-corrected chi connectivity index (χ0v) is 17.8. The minimum absolute atomic E-state index is 0.143. The van der Waals surface area contributed by atoms with Crippen molar-refractivity contribution in [2.45, 2.75) is 13.3 Å². The number of amides is 1. The summed E-state index contributed by atoms with van der Waals surface area (Å²) < 4.78 is 10.0. The van der Waals surface area contributed by atoms with Crippen molar-refractivity contribution in [3.05, 3.63) is 53.6 Å². The minimum Gasteiger partial charge on any atom is -0.497 e. The van der Waals surface area contributed by atoms with Crippen LogP contribution in [0.5, 0.6) is 5.75 Å². The third kappa shape index (κ3) is 5.30. The number of anilines is 2. The fourth-order valence-corrected chi connectivity index (χ4v) is 3.58. The van der Waals surface area contributed by atoms with Crippen molar-refractivity contribution in [3.8, 4) is 5.75 Å². The normalized spacial score (nSPS) is 14.3. The minimum atomic E-state index is -0.428. The molecular weight excluding hydrogens is 382 g/mol. The first-order valence-corrected chi connectivity index (χ1v) is 10.2. The van der Waals surface area contributed by atoms with Gasteiger partial charge in [-0.2, -0.15) is 0 Å². The van der Waals surface area contributed by atoms with Crippen molar-refractivity contribution in [2.75, 3.05) is 57.2 Å². The van der Waals surface area contributed by atoms with Gasteiger partial charge < -0.3 is 24.6 Å². The fraction of sp³-hybridized carbons (Fsp3) is 0.391. The molecule has 0 atom stereocenters. The molecule has 30 heavy (non-hydrogen) atoms. The van der Waals surface area contributed by atoms with Crippen LogP contribution in [0.3, 0.4) is 0 Å². The van der Waals surface area contributed by atoms with Crippen molar-refractivity contribution in [2.24, 2.45) is 0 Å². The lowest BCUT2D eigenvalue weighted by Gasteiger charge is -2.36. The van der Waals surface area contributed by atoms with E-state index in [0.717, 1.165) is 49.7 Å². The van der Waals surface area contributed by atoms with Crippen LogP contribution in [-0.4, -0.2) is 63.7 Å². The predicted molar refractivity (Wildman–Crippen MR) is 117 cm³/mol. The van der Waals surface area contributed by atoms with E-state index in [4.69, 9.17) is 9.47 Å². The van der Waals surface area contributed by atoms with E-state index in [2.05, 4.69) is 22.0 Å². The molecule has 0 radical (unpaired) electrons. The Labute approximate surface area is 177 Å². The number of rotatable bonds is 7. The molecule has 7 nitrogen and oxygen atoms in total. The molecule has 2 aromatic carbocycles. The molecule has 0 saturated carbocycles. The Balaban J connectivity index is 1.79. The summed E-state index contributed by atoms with van der Waals surface area (Å²) >= 11 is 0. The van der Waals surface area contributed by atoms with Crippen LogP contribution < -0.4 is 15.0 Å². The number of hydrogen-bond donors (Lipinski definition) is 1. The molecule has 0 aliphatic carbocycles. The van der Waals surface area contributed by atoms with Gasteiger partial charge in [0.25, 0.3) is 0 Å². The summed E-state index contributed by atoms with van der Waals surface area (Å²) in [6.45, 7) is 6.86. The van der Waals surface area contributed by atoms with Crippen LogP contribution in [0.1, 0.15) is 22.8 Å². The molecule has 0 aromatic heterocycles. The lowest BCUT2D eigenvalue weighted by atomic mass is 10.1. The molecule has 3 rings (SSSR count). The first-order valence-electron chi connectivity index (χ1n) is 10.2. The van der Waals surface area contributed by atoms with E-state index < -0.39 is 5.97 Å². The number of ether oxygens (including phenoxy) is 2. The number of piperazine rings is 1. The van der Waals surface area contributed by atoms with Gasteiger partial charge in [0.15, 0.2) is 0 Å². The Kier molecular flexibility index (Phi) is 7.30. The zero-order chi connectivity index (χ0) is 21.5. The lowest BCUT2D eigenvalue weighted by Crippen LogP contribution is -2.46. The first kappa shape index (κ1) is 21.6. The van der Waals surface area contributed by atoms with Crippen molar-refractivity contribution in [3.63, 3.8) is 0 Å². The number of benzene rings is 2. The van der Waals surface area contributed by atoms with E-state index in [-0.39, 0.29) is 12.3 Å². The molecule has 1 heterocycles. The third-order valence-corrected chi connectivity index (χ3v) is 5.38. The third-order valence-electron chi connectivity index (χ3n) is 5.38. The average Bonchev–Trinajstić information content (AvgIpc) is 2.79. The number of carbonyl (C=O) groups excluding carboxylic acids is 2. The second-order valence-electron chi connectivity index (χ2n) is 7.22. The van der Waals surface area contributed by atoms with Crippen LogP contribution >= 0.6 is 0 Å². The summed E-state index contributed by atoms with van der Waals surface area (Å²) in [4.78, 5) is 29.4. The monoisotopic (exact) mass is 411 g/mol. The SMILES string of the molecule is CCN1CCN(c2ccc(C(=O)OC)cc2NC(=O)Cc2ccc(OC)cc2)CC1. The Hall–Kier alpha value is -3.06. The Morgan fingerprint density at radius 1 is 1.00 bits per heavy atom. The van der Waals surface area contributed by atoms with Gasteiger partial charge in [-0.3, -0.25) is 4.79 Å². The van der Waals surface area contributed by atoms with Crippen LogP contribution in [0.15, 0.2) is 42.5 Å². The maximum absolute atomic E-state index is 12.7. The number of hydrogen-bond acceptors (Lipinski definition) is 6. The smallest absolute Gasteiger partial charge is 0.337 e. The van der Waals surface area contributed by atoms with E-state index in [0.29, 0.717) is 11.3 Å². The molecule has 1 fully saturated rings. The highest BCUT2D eigenvalue weighted by Gasteiger charge is 2.20. The number of esters is 1. The summed E-state index contributed by atoms with van der Waals surface area (Å²) in [5, 5.41) is 3.00. The molecule has 160 valence electrons. The summed E-state index contributed by atoms with van der Waals surface area (Å²) in [7, 11) is 2.96. The fourth-order valence-electron chi connectivity index (χ4n) is 3.58. The molecule has 2 aromatic rings. The van der Waals surface area contributed by atoms with Crippen LogP contribution in [0.2, 0.25) is 0 Å². The predicted octanol–water partition coefficient (Wildman–Crippen LogP) is 2.80. The molecule has 0 unspecified atom stereocenters. The van der Waals surface area contributed by atoms with Crippen LogP contribution in [0, 0.1) is 0 Å². The summed E-state index contributed by atoms with van der Waals surface area (Å²) in [6.07, 6.45) is 0.232. The number of likely N-dealkylation sites (N-methyl/N-ethyl adjacent to an activating group) is 1. The molecule has 0 bridgehead atoms. The van der Waals surface area contributed by atoms with Crippen molar-refractivity contribution < 1.29 is 19.1 Å². The number of nitrogens with one attached hydrogen (secondary N) is 1. The lowest BCUT2D eigenvalue weighted by molar-refractivity contribution is -0.115. The van der Waals surface area contributed by atoms with Crippen LogP contribution in [-0.2, 0) is 16.0 Å². The van der Waals surface area contributed by atoms with Crippen LogP contribution in [0.25, 0.3) is 0 Å². The van der Waals surface area contributed by atoms with Gasteiger partial charge in [-0.05, 0) is 42.4 Å². The van der Waals surface area contributed by atoms with E-state index in [9.17, 15) is 9.59 Å². The number of carbonyl (C=O) groups is 2. The van der Waals surface area contributed by atoms with E-state index in [1.54, 1.807) is 19.2 Å². The van der Waals surface area contributed by atoms with Crippen molar-refractivity contribution in [1.82, 2.24) is 4.90 Å². The average molecular weight is 412 g/mol. The molecule has 1 amide bonds. The van der Waals surface area contributed by atoms with Gasteiger partial charge >= 0.3 is 5.97 Å². The van der Waals surface area contributed by atoms with Gasteiger partial charge in [-0.15, -0.1) is 0 Å². The van der Waals surface area contributed by atoms with Gasteiger partial charge in [0.1, 0.15) is 5.75 Å². The van der Waals surface area contributed by atoms with Gasteiger partial charge in [0, 0.05) is 26.2 Å². The van der Waals surface area contributed by atoms with Crippen LogP contribution in [0.4, 0.5) is 11.4 Å². The number of nitrogens with zero attached hydrogens (tertiary/aromatic N) is 2. The molecule has 1 N–H and O–H groups in total. The van der Waals surface area contributed by atoms with Gasteiger partial charge in [0.2, 0.25) is 5.91 Å². The Morgan fingerprint density at radius 3 is 2.30 bits per heavy atom. The van der Waals surface area contributed by atoms with E-state index in [1.807, 2.05) is 30.3 Å². The quantitative estimate of drug-likeness (QED) is 0.707. The summed E-state index contributed by atoms with van der Waals surface area (Å²) in [6, 6.07) is 12.7. The molecule has 1 aliphatic rings. The highest BCUT2D eigenvalue weighted by molar-refractivity contribution is 5.98. The molecular formula is C23H29N3O4.